The minimum Gasteiger partial charge on any atom is -0.497 e. The van der Waals surface area contributed by atoms with Crippen LogP contribution in [0.2, 0.25) is 0 Å². The maximum atomic E-state index is 12.7. The molecule has 0 aliphatic carbocycles. The van der Waals surface area contributed by atoms with Gasteiger partial charge in [0.05, 0.1) is 26.9 Å². The first kappa shape index (κ1) is 20.8. The highest BCUT2D eigenvalue weighted by atomic mass is 16.5. The number of ether oxygens (including phenoxy) is 3. The Balaban J connectivity index is 2.22. The fraction of sp³-hybridized carbons (Fsp3) is 0.250. The Labute approximate surface area is 162 Å². The second-order valence-electron chi connectivity index (χ2n) is 5.71. The first-order valence-corrected chi connectivity index (χ1v) is 8.42. The molecule has 1 amide bonds. The molecule has 2 rings (SSSR count). The third-order valence-electron chi connectivity index (χ3n) is 3.96. The van der Waals surface area contributed by atoms with Gasteiger partial charge in [0, 0.05) is 5.69 Å². The Morgan fingerprint density at radius 2 is 1.54 bits per heavy atom. The zero-order valence-corrected chi connectivity index (χ0v) is 15.9. The standard InChI is InChI=1S/C20H22N2O6/c1-26-16-10-6-13(7-11-16)18(19(24)21-12-17(23)27-2)22-15-8-4-14(5-9-15)20(25)28-3/h4-11,18,22H,12H2,1-3H3,(H,21,24). The van der Waals surface area contributed by atoms with Crippen molar-refractivity contribution in [2.45, 2.75) is 6.04 Å². The largest absolute Gasteiger partial charge is 0.497 e. The summed E-state index contributed by atoms with van der Waals surface area (Å²) in [6, 6.07) is 12.7. The smallest absolute Gasteiger partial charge is 0.337 e. The molecule has 28 heavy (non-hydrogen) atoms. The third-order valence-corrected chi connectivity index (χ3v) is 3.96. The van der Waals surface area contributed by atoms with Crippen LogP contribution < -0.4 is 15.4 Å². The van der Waals surface area contributed by atoms with E-state index in [1.165, 1.54) is 14.2 Å². The molecule has 0 aliphatic heterocycles. The molecule has 1 unspecified atom stereocenters. The number of methoxy groups -OCH3 is 3. The Kier molecular flexibility index (Phi) is 7.38. The van der Waals surface area contributed by atoms with Crippen LogP contribution >= 0.6 is 0 Å². The third kappa shape index (κ3) is 5.47. The zero-order chi connectivity index (χ0) is 20.5. The fourth-order valence-corrected chi connectivity index (χ4v) is 2.42. The summed E-state index contributed by atoms with van der Waals surface area (Å²) in [5.41, 5.74) is 1.67. The zero-order valence-electron chi connectivity index (χ0n) is 15.9. The van der Waals surface area contributed by atoms with Gasteiger partial charge in [0.2, 0.25) is 5.91 Å². The van der Waals surface area contributed by atoms with E-state index in [1.807, 2.05) is 0 Å². The number of benzene rings is 2. The molecule has 0 heterocycles. The van der Waals surface area contributed by atoms with Gasteiger partial charge in [-0.05, 0) is 42.0 Å². The quantitative estimate of drug-likeness (QED) is 0.668. The van der Waals surface area contributed by atoms with Crippen molar-refractivity contribution in [3.8, 4) is 5.75 Å². The number of amides is 1. The Hall–Kier alpha value is -3.55. The van der Waals surface area contributed by atoms with E-state index in [2.05, 4.69) is 20.1 Å². The van der Waals surface area contributed by atoms with Crippen LogP contribution in [0.5, 0.6) is 5.75 Å². The van der Waals surface area contributed by atoms with E-state index in [-0.39, 0.29) is 6.54 Å². The minimum atomic E-state index is -0.778. The second-order valence-corrected chi connectivity index (χ2v) is 5.71. The van der Waals surface area contributed by atoms with Gasteiger partial charge in [-0.1, -0.05) is 12.1 Å². The van der Waals surface area contributed by atoms with Crippen LogP contribution in [-0.4, -0.2) is 45.7 Å². The SMILES string of the molecule is COC(=O)CNC(=O)C(Nc1ccc(C(=O)OC)cc1)c1ccc(OC)cc1. The number of carbonyl (C=O) groups excluding carboxylic acids is 3. The van der Waals surface area contributed by atoms with Crippen molar-refractivity contribution in [3.63, 3.8) is 0 Å². The summed E-state index contributed by atoms with van der Waals surface area (Å²) in [6.07, 6.45) is 0. The molecule has 0 bridgehead atoms. The lowest BCUT2D eigenvalue weighted by Crippen LogP contribution is -2.37. The molecule has 0 spiro atoms. The summed E-state index contributed by atoms with van der Waals surface area (Å²) < 4.78 is 14.4. The van der Waals surface area contributed by atoms with Crippen molar-refractivity contribution >= 4 is 23.5 Å². The molecule has 0 radical (unpaired) electrons. The van der Waals surface area contributed by atoms with E-state index >= 15 is 0 Å². The highest BCUT2D eigenvalue weighted by Gasteiger charge is 2.21. The van der Waals surface area contributed by atoms with Crippen LogP contribution in [0, 0.1) is 0 Å². The predicted octanol–water partition coefficient (Wildman–Crippen LogP) is 1.92. The molecular weight excluding hydrogens is 364 g/mol. The Morgan fingerprint density at radius 3 is 2.07 bits per heavy atom. The summed E-state index contributed by atoms with van der Waals surface area (Å²) in [4.78, 5) is 35.5. The maximum absolute atomic E-state index is 12.7. The maximum Gasteiger partial charge on any atom is 0.337 e. The Bertz CT molecular complexity index is 818. The predicted molar refractivity (Wildman–Crippen MR) is 102 cm³/mol. The summed E-state index contributed by atoms with van der Waals surface area (Å²) in [6.45, 7) is -0.245. The monoisotopic (exact) mass is 386 g/mol. The molecule has 2 N–H and O–H groups in total. The lowest BCUT2D eigenvalue weighted by Gasteiger charge is -2.20. The van der Waals surface area contributed by atoms with Gasteiger partial charge in [-0.2, -0.15) is 0 Å². The number of hydrogen-bond donors (Lipinski definition) is 2. The number of anilines is 1. The summed E-state index contributed by atoms with van der Waals surface area (Å²) in [5, 5.41) is 5.64. The average molecular weight is 386 g/mol. The van der Waals surface area contributed by atoms with E-state index in [9.17, 15) is 14.4 Å². The van der Waals surface area contributed by atoms with Gasteiger partial charge in [0.25, 0.3) is 0 Å². The molecular formula is C20H22N2O6. The lowest BCUT2D eigenvalue weighted by atomic mass is 10.0. The van der Waals surface area contributed by atoms with Crippen LogP contribution in [0.25, 0.3) is 0 Å². The van der Waals surface area contributed by atoms with Crippen molar-refractivity contribution in [1.29, 1.82) is 0 Å². The Morgan fingerprint density at radius 1 is 0.893 bits per heavy atom. The van der Waals surface area contributed by atoms with E-state index in [1.54, 1.807) is 55.6 Å². The van der Waals surface area contributed by atoms with Crippen LogP contribution in [0.1, 0.15) is 22.0 Å². The lowest BCUT2D eigenvalue weighted by molar-refractivity contribution is -0.141. The van der Waals surface area contributed by atoms with E-state index in [0.29, 0.717) is 22.6 Å². The molecule has 0 saturated heterocycles. The fourth-order valence-electron chi connectivity index (χ4n) is 2.42. The molecule has 0 fully saturated rings. The first-order valence-electron chi connectivity index (χ1n) is 8.42. The van der Waals surface area contributed by atoms with Gasteiger partial charge in [-0.15, -0.1) is 0 Å². The van der Waals surface area contributed by atoms with Crippen molar-refractivity contribution < 1.29 is 28.6 Å². The topological polar surface area (TPSA) is 103 Å². The van der Waals surface area contributed by atoms with Crippen LogP contribution in [0.3, 0.4) is 0 Å². The number of nitrogens with one attached hydrogen (secondary N) is 2. The normalized spacial score (nSPS) is 11.1. The minimum absolute atomic E-state index is 0.245. The molecule has 148 valence electrons. The van der Waals surface area contributed by atoms with E-state index in [0.717, 1.165) is 0 Å². The highest BCUT2D eigenvalue weighted by Crippen LogP contribution is 2.23. The van der Waals surface area contributed by atoms with Gasteiger partial charge < -0.3 is 24.8 Å². The van der Waals surface area contributed by atoms with Crippen molar-refractivity contribution in [2.24, 2.45) is 0 Å². The first-order chi connectivity index (χ1) is 13.5. The summed E-state index contributed by atoms with van der Waals surface area (Å²) in [7, 11) is 4.10. The number of hydrogen-bond acceptors (Lipinski definition) is 7. The number of carbonyl (C=O) groups is 3. The van der Waals surface area contributed by atoms with Crippen LogP contribution in [0.15, 0.2) is 48.5 Å². The van der Waals surface area contributed by atoms with Crippen molar-refractivity contribution in [3.05, 3.63) is 59.7 Å². The van der Waals surface area contributed by atoms with Crippen LogP contribution in [0.4, 0.5) is 5.69 Å². The summed E-state index contributed by atoms with van der Waals surface area (Å²) >= 11 is 0. The molecule has 2 aromatic rings. The van der Waals surface area contributed by atoms with E-state index < -0.39 is 23.9 Å². The second kappa shape index (κ2) is 9.96. The van der Waals surface area contributed by atoms with Gasteiger partial charge in [-0.3, -0.25) is 9.59 Å². The van der Waals surface area contributed by atoms with Gasteiger partial charge in [0.1, 0.15) is 18.3 Å². The molecule has 0 saturated carbocycles. The van der Waals surface area contributed by atoms with Gasteiger partial charge in [-0.25, -0.2) is 4.79 Å². The molecule has 0 aliphatic rings. The summed E-state index contributed by atoms with van der Waals surface area (Å²) in [5.74, 6) is -0.758. The molecule has 0 aromatic heterocycles. The molecule has 2 aromatic carbocycles. The van der Waals surface area contributed by atoms with Gasteiger partial charge >= 0.3 is 11.9 Å². The number of rotatable bonds is 8. The average Bonchev–Trinajstić information content (AvgIpc) is 2.75. The molecule has 8 heteroatoms. The van der Waals surface area contributed by atoms with Gasteiger partial charge in [0.15, 0.2) is 0 Å². The van der Waals surface area contributed by atoms with Crippen molar-refractivity contribution in [1.82, 2.24) is 5.32 Å². The number of esters is 2. The van der Waals surface area contributed by atoms with Crippen molar-refractivity contribution in [2.75, 3.05) is 33.2 Å². The van der Waals surface area contributed by atoms with Crippen LogP contribution in [-0.2, 0) is 19.1 Å². The highest BCUT2D eigenvalue weighted by molar-refractivity contribution is 5.91. The molecule has 8 nitrogen and oxygen atoms in total. The molecule has 1 atom stereocenters. The van der Waals surface area contributed by atoms with E-state index in [4.69, 9.17) is 4.74 Å².